The maximum atomic E-state index is 13.1. The average molecular weight is 450 g/mol. The van der Waals surface area contributed by atoms with Crippen LogP contribution in [0.4, 0.5) is 4.39 Å². The standard InChI is InChI=1S/C23H20FN5O2S/c24-16-7-5-15(6-8-16)22-25-17(14-32-22)13-28-9-11-29(12-10-28)23(31)20-18-3-1-2-4-19(18)21(30)27-26-20/h1-8,14H,9-13H2,(H,27,30). The number of rotatable bonds is 4. The van der Waals surface area contributed by atoms with Crippen LogP contribution in [0.15, 0.2) is 58.7 Å². The van der Waals surface area contributed by atoms with Crippen molar-refractivity contribution >= 4 is 28.0 Å². The summed E-state index contributed by atoms with van der Waals surface area (Å²) in [6.07, 6.45) is 0. The van der Waals surface area contributed by atoms with Gasteiger partial charge in [-0.1, -0.05) is 18.2 Å². The number of nitrogens with zero attached hydrogens (tertiary/aromatic N) is 4. The Hall–Kier alpha value is -3.43. The number of piperazine rings is 1. The van der Waals surface area contributed by atoms with E-state index in [-0.39, 0.29) is 23.0 Å². The number of halogens is 1. The summed E-state index contributed by atoms with van der Waals surface area (Å²) in [6.45, 7) is 3.28. The highest BCUT2D eigenvalue weighted by atomic mass is 32.1. The van der Waals surface area contributed by atoms with Crippen molar-refractivity contribution in [1.82, 2.24) is 25.0 Å². The number of carbonyl (C=O) groups is 1. The predicted octanol–water partition coefficient (Wildman–Crippen LogP) is 3.14. The van der Waals surface area contributed by atoms with Crippen LogP contribution in [0.2, 0.25) is 0 Å². The topological polar surface area (TPSA) is 82.2 Å². The number of thiazole rings is 1. The Bertz CT molecular complexity index is 1330. The molecule has 1 aliphatic heterocycles. The van der Waals surface area contributed by atoms with Crippen LogP contribution < -0.4 is 5.56 Å². The lowest BCUT2D eigenvalue weighted by molar-refractivity contribution is 0.0622. The lowest BCUT2D eigenvalue weighted by atomic mass is 10.1. The molecule has 1 N–H and O–H groups in total. The van der Waals surface area contributed by atoms with Gasteiger partial charge >= 0.3 is 0 Å². The van der Waals surface area contributed by atoms with E-state index in [1.807, 2.05) is 5.38 Å². The lowest BCUT2D eigenvalue weighted by Crippen LogP contribution is -2.48. The highest BCUT2D eigenvalue weighted by molar-refractivity contribution is 7.13. The molecule has 5 rings (SSSR count). The van der Waals surface area contributed by atoms with Crippen LogP contribution in [-0.4, -0.2) is 57.1 Å². The second-order valence-corrected chi connectivity index (χ2v) is 8.52. The molecular formula is C23H20FN5O2S. The molecule has 3 heterocycles. The number of aromatic amines is 1. The Balaban J connectivity index is 1.23. The van der Waals surface area contributed by atoms with Gasteiger partial charge in [-0.2, -0.15) is 5.10 Å². The lowest BCUT2D eigenvalue weighted by Gasteiger charge is -2.34. The monoisotopic (exact) mass is 449 g/mol. The van der Waals surface area contributed by atoms with Gasteiger partial charge in [0.15, 0.2) is 5.69 Å². The van der Waals surface area contributed by atoms with Gasteiger partial charge in [-0.15, -0.1) is 11.3 Å². The number of amides is 1. The number of carbonyl (C=O) groups excluding carboxylic acids is 1. The van der Waals surface area contributed by atoms with E-state index in [2.05, 4.69) is 20.1 Å². The number of aromatic nitrogens is 3. The third-order valence-electron chi connectivity index (χ3n) is 5.59. The van der Waals surface area contributed by atoms with Crippen molar-refractivity contribution in [2.24, 2.45) is 0 Å². The van der Waals surface area contributed by atoms with Crippen molar-refractivity contribution in [2.75, 3.05) is 26.2 Å². The highest BCUT2D eigenvalue weighted by Crippen LogP contribution is 2.25. The molecule has 0 saturated carbocycles. The molecule has 0 atom stereocenters. The molecule has 2 aromatic carbocycles. The first-order chi connectivity index (χ1) is 15.6. The average Bonchev–Trinajstić information content (AvgIpc) is 3.28. The second kappa shape index (κ2) is 8.60. The van der Waals surface area contributed by atoms with Crippen LogP contribution in [0.1, 0.15) is 16.2 Å². The zero-order chi connectivity index (χ0) is 22.1. The van der Waals surface area contributed by atoms with E-state index in [4.69, 9.17) is 0 Å². The zero-order valence-electron chi connectivity index (χ0n) is 17.1. The first-order valence-corrected chi connectivity index (χ1v) is 11.2. The van der Waals surface area contributed by atoms with Crippen LogP contribution in [0.3, 0.4) is 0 Å². The fraction of sp³-hybridized carbons (Fsp3) is 0.217. The number of benzene rings is 2. The van der Waals surface area contributed by atoms with Gasteiger partial charge in [-0.25, -0.2) is 14.5 Å². The van der Waals surface area contributed by atoms with Crippen molar-refractivity contribution in [3.63, 3.8) is 0 Å². The summed E-state index contributed by atoms with van der Waals surface area (Å²) in [6, 6.07) is 13.4. The first-order valence-electron chi connectivity index (χ1n) is 10.3. The van der Waals surface area contributed by atoms with Gasteiger partial charge in [0, 0.05) is 49.1 Å². The molecule has 1 amide bonds. The number of hydrogen-bond acceptors (Lipinski definition) is 6. The minimum Gasteiger partial charge on any atom is -0.335 e. The van der Waals surface area contributed by atoms with Gasteiger partial charge in [-0.05, 0) is 30.3 Å². The van der Waals surface area contributed by atoms with Crippen LogP contribution >= 0.6 is 11.3 Å². The fourth-order valence-electron chi connectivity index (χ4n) is 3.87. The number of fused-ring (bicyclic) bond motifs is 1. The zero-order valence-corrected chi connectivity index (χ0v) is 17.9. The van der Waals surface area contributed by atoms with Crippen LogP contribution in [-0.2, 0) is 6.54 Å². The largest absolute Gasteiger partial charge is 0.335 e. The molecular weight excluding hydrogens is 429 g/mol. The Labute approximate surface area is 187 Å². The van der Waals surface area contributed by atoms with Gasteiger partial charge < -0.3 is 4.90 Å². The summed E-state index contributed by atoms with van der Waals surface area (Å²) < 4.78 is 13.1. The Kier molecular flexibility index (Phi) is 5.50. The normalized spacial score (nSPS) is 14.7. The molecule has 0 spiro atoms. The molecule has 9 heteroatoms. The third kappa shape index (κ3) is 4.04. The summed E-state index contributed by atoms with van der Waals surface area (Å²) in [5.41, 5.74) is 1.84. The van der Waals surface area contributed by atoms with Gasteiger partial charge in [0.1, 0.15) is 10.8 Å². The fourth-order valence-corrected chi connectivity index (χ4v) is 4.69. The molecule has 4 aromatic rings. The van der Waals surface area contributed by atoms with Crippen molar-refractivity contribution in [3.8, 4) is 10.6 Å². The summed E-state index contributed by atoms with van der Waals surface area (Å²) >= 11 is 1.54. The summed E-state index contributed by atoms with van der Waals surface area (Å²) in [4.78, 5) is 33.7. The second-order valence-electron chi connectivity index (χ2n) is 7.67. The van der Waals surface area contributed by atoms with Gasteiger partial charge in [-0.3, -0.25) is 14.5 Å². The van der Waals surface area contributed by atoms with E-state index in [9.17, 15) is 14.0 Å². The predicted molar refractivity (Wildman–Crippen MR) is 121 cm³/mol. The van der Waals surface area contributed by atoms with Crippen molar-refractivity contribution in [2.45, 2.75) is 6.54 Å². The molecule has 1 fully saturated rings. The van der Waals surface area contributed by atoms with Gasteiger partial charge in [0.05, 0.1) is 11.1 Å². The third-order valence-corrected chi connectivity index (χ3v) is 6.53. The van der Waals surface area contributed by atoms with E-state index in [0.29, 0.717) is 30.4 Å². The maximum Gasteiger partial charge on any atom is 0.275 e. The summed E-state index contributed by atoms with van der Waals surface area (Å²) in [7, 11) is 0. The molecule has 1 saturated heterocycles. The number of hydrogen-bond donors (Lipinski definition) is 1. The van der Waals surface area contributed by atoms with E-state index < -0.39 is 0 Å². The molecule has 32 heavy (non-hydrogen) atoms. The van der Waals surface area contributed by atoms with Crippen molar-refractivity contribution in [1.29, 1.82) is 0 Å². The maximum absolute atomic E-state index is 13.1. The van der Waals surface area contributed by atoms with E-state index in [0.717, 1.165) is 29.4 Å². The Morgan fingerprint density at radius 1 is 1.03 bits per heavy atom. The van der Waals surface area contributed by atoms with Crippen LogP contribution in [0, 0.1) is 5.82 Å². The van der Waals surface area contributed by atoms with Gasteiger partial charge in [0.2, 0.25) is 0 Å². The van der Waals surface area contributed by atoms with Crippen molar-refractivity contribution < 1.29 is 9.18 Å². The van der Waals surface area contributed by atoms with Crippen molar-refractivity contribution in [3.05, 3.63) is 81.5 Å². The SMILES string of the molecule is O=C(c1n[nH]c(=O)c2ccccc12)N1CCN(Cc2csc(-c3ccc(F)cc3)n2)CC1. The minimum absolute atomic E-state index is 0.177. The van der Waals surface area contributed by atoms with Gasteiger partial charge in [0.25, 0.3) is 11.5 Å². The minimum atomic E-state index is -0.301. The molecule has 1 aliphatic rings. The molecule has 0 radical (unpaired) electrons. The van der Waals surface area contributed by atoms with E-state index >= 15 is 0 Å². The van der Waals surface area contributed by atoms with E-state index in [1.54, 1.807) is 52.6 Å². The van der Waals surface area contributed by atoms with Crippen LogP contribution in [0.25, 0.3) is 21.3 Å². The summed E-state index contributed by atoms with van der Waals surface area (Å²) in [5, 5.41) is 10.4. The molecule has 7 nitrogen and oxygen atoms in total. The van der Waals surface area contributed by atoms with Crippen LogP contribution in [0.5, 0.6) is 0 Å². The molecule has 0 unspecified atom stereocenters. The Morgan fingerprint density at radius 2 is 1.75 bits per heavy atom. The quantitative estimate of drug-likeness (QED) is 0.518. The Morgan fingerprint density at radius 3 is 2.50 bits per heavy atom. The molecule has 0 aliphatic carbocycles. The first kappa shape index (κ1) is 20.5. The smallest absolute Gasteiger partial charge is 0.275 e. The highest BCUT2D eigenvalue weighted by Gasteiger charge is 2.25. The number of H-pyrrole nitrogens is 1. The summed E-state index contributed by atoms with van der Waals surface area (Å²) in [5.74, 6) is -0.438. The molecule has 2 aromatic heterocycles. The molecule has 0 bridgehead atoms. The number of nitrogens with one attached hydrogen (secondary N) is 1. The molecule has 162 valence electrons. The van der Waals surface area contributed by atoms with E-state index in [1.165, 1.54) is 12.1 Å².